The van der Waals surface area contributed by atoms with Crippen LogP contribution in [0.1, 0.15) is 21.5 Å². The number of nitro benzene ring substituents is 1. The van der Waals surface area contributed by atoms with Crippen molar-refractivity contribution < 1.29 is 14.5 Å². The molecular formula is C15H12BrNO4. The lowest BCUT2D eigenvalue weighted by Gasteiger charge is -2.12. The summed E-state index contributed by atoms with van der Waals surface area (Å²) in [5.74, 6) is 0.418. The molecule has 0 radical (unpaired) electrons. The molecule has 0 aliphatic carbocycles. The van der Waals surface area contributed by atoms with E-state index in [2.05, 4.69) is 15.9 Å². The second-order valence-electron chi connectivity index (χ2n) is 4.59. The molecule has 2 aromatic rings. The maximum Gasteiger partial charge on any atom is 0.312 e. The van der Waals surface area contributed by atoms with E-state index < -0.39 is 4.92 Å². The van der Waals surface area contributed by atoms with Crippen LogP contribution in [0.3, 0.4) is 0 Å². The van der Waals surface area contributed by atoms with Crippen molar-refractivity contribution in [3.8, 4) is 11.5 Å². The summed E-state index contributed by atoms with van der Waals surface area (Å²) in [7, 11) is 0. The first-order chi connectivity index (χ1) is 9.92. The summed E-state index contributed by atoms with van der Waals surface area (Å²) < 4.78 is 6.37. The van der Waals surface area contributed by atoms with E-state index in [9.17, 15) is 14.9 Å². The summed E-state index contributed by atoms with van der Waals surface area (Å²) in [6, 6.07) is 8.13. The average molecular weight is 350 g/mol. The molecule has 0 spiro atoms. The van der Waals surface area contributed by atoms with Gasteiger partial charge in [-0.2, -0.15) is 0 Å². The lowest BCUT2D eigenvalue weighted by Crippen LogP contribution is -1.98. The number of aldehydes is 1. The standard InChI is InChI=1S/C15H12BrNO4/c1-9-5-10(2)15(13(6-9)17(19)20)21-14-7-12(16)4-3-11(14)8-18/h3-8H,1-2H3. The van der Waals surface area contributed by atoms with Crippen LogP contribution >= 0.6 is 15.9 Å². The van der Waals surface area contributed by atoms with Crippen molar-refractivity contribution in [2.24, 2.45) is 0 Å². The van der Waals surface area contributed by atoms with Gasteiger partial charge in [0.05, 0.1) is 10.5 Å². The van der Waals surface area contributed by atoms with E-state index >= 15 is 0 Å². The maximum absolute atomic E-state index is 11.2. The fraction of sp³-hybridized carbons (Fsp3) is 0.133. The molecule has 108 valence electrons. The van der Waals surface area contributed by atoms with E-state index in [1.165, 1.54) is 6.07 Å². The molecule has 0 aliphatic heterocycles. The third-order valence-corrected chi connectivity index (χ3v) is 3.40. The molecule has 0 unspecified atom stereocenters. The van der Waals surface area contributed by atoms with Crippen molar-refractivity contribution in [3.63, 3.8) is 0 Å². The van der Waals surface area contributed by atoms with Crippen LogP contribution in [0.15, 0.2) is 34.8 Å². The number of carbonyl (C=O) groups excluding carboxylic acids is 1. The molecule has 0 aliphatic rings. The molecule has 0 bridgehead atoms. The number of nitro groups is 1. The van der Waals surface area contributed by atoms with Crippen LogP contribution < -0.4 is 4.74 Å². The summed E-state index contributed by atoms with van der Waals surface area (Å²) in [5, 5.41) is 11.2. The van der Waals surface area contributed by atoms with Gasteiger partial charge in [-0.05, 0) is 43.2 Å². The van der Waals surface area contributed by atoms with E-state index in [1.54, 1.807) is 38.1 Å². The number of hydrogen-bond donors (Lipinski definition) is 0. The number of hydrogen-bond acceptors (Lipinski definition) is 4. The average Bonchev–Trinajstić information content (AvgIpc) is 2.41. The van der Waals surface area contributed by atoms with Crippen LogP contribution in [-0.4, -0.2) is 11.2 Å². The Kier molecular flexibility index (Phi) is 4.37. The van der Waals surface area contributed by atoms with Gasteiger partial charge in [-0.3, -0.25) is 14.9 Å². The SMILES string of the molecule is Cc1cc(C)c(Oc2cc(Br)ccc2C=O)c([N+](=O)[O-])c1. The normalized spacial score (nSPS) is 10.2. The highest BCUT2D eigenvalue weighted by molar-refractivity contribution is 9.10. The van der Waals surface area contributed by atoms with E-state index in [0.29, 0.717) is 17.4 Å². The molecule has 0 fully saturated rings. The van der Waals surface area contributed by atoms with Crippen LogP contribution in [0.25, 0.3) is 0 Å². The van der Waals surface area contributed by atoms with Crippen molar-refractivity contribution in [2.45, 2.75) is 13.8 Å². The van der Waals surface area contributed by atoms with Crippen molar-refractivity contribution in [2.75, 3.05) is 0 Å². The van der Waals surface area contributed by atoms with Gasteiger partial charge < -0.3 is 4.74 Å². The number of halogens is 1. The Balaban J connectivity index is 2.56. The van der Waals surface area contributed by atoms with Gasteiger partial charge in [-0.15, -0.1) is 0 Å². The number of aryl methyl sites for hydroxylation is 2. The molecule has 0 aromatic heterocycles. The zero-order valence-electron chi connectivity index (χ0n) is 11.4. The quantitative estimate of drug-likeness (QED) is 0.460. The summed E-state index contributed by atoms with van der Waals surface area (Å²) >= 11 is 3.29. The molecular weight excluding hydrogens is 338 g/mol. The van der Waals surface area contributed by atoms with Gasteiger partial charge in [0.1, 0.15) is 5.75 Å². The molecule has 0 saturated carbocycles. The Morgan fingerprint density at radius 2 is 1.95 bits per heavy atom. The molecule has 0 saturated heterocycles. The molecule has 21 heavy (non-hydrogen) atoms. The highest BCUT2D eigenvalue weighted by Crippen LogP contribution is 2.37. The fourth-order valence-corrected chi connectivity index (χ4v) is 2.34. The van der Waals surface area contributed by atoms with Crippen molar-refractivity contribution in [1.29, 1.82) is 0 Å². The number of benzene rings is 2. The van der Waals surface area contributed by atoms with E-state index in [1.807, 2.05) is 0 Å². The highest BCUT2D eigenvalue weighted by Gasteiger charge is 2.20. The van der Waals surface area contributed by atoms with Gasteiger partial charge in [-0.1, -0.05) is 22.0 Å². The van der Waals surface area contributed by atoms with E-state index in [4.69, 9.17) is 4.74 Å². The largest absolute Gasteiger partial charge is 0.449 e. The van der Waals surface area contributed by atoms with Crippen LogP contribution in [0, 0.1) is 24.0 Å². The summed E-state index contributed by atoms with van der Waals surface area (Å²) in [5.41, 5.74) is 1.62. The molecule has 0 atom stereocenters. The van der Waals surface area contributed by atoms with Crippen molar-refractivity contribution >= 4 is 27.9 Å². The first-order valence-corrected chi connectivity index (χ1v) is 6.90. The zero-order valence-corrected chi connectivity index (χ0v) is 13.0. The number of ether oxygens (including phenoxy) is 1. The number of nitrogens with zero attached hydrogens (tertiary/aromatic N) is 1. The van der Waals surface area contributed by atoms with Gasteiger partial charge in [0, 0.05) is 10.5 Å². The maximum atomic E-state index is 11.2. The van der Waals surface area contributed by atoms with Crippen LogP contribution in [0.2, 0.25) is 0 Å². The molecule has 2 rings (SSSR count). The number of rotatable bonds is 4. The Labute approximate surface area is 129 Å². The predicted octanol–water partition coefficient (Wildman–Crippen LogP) is 4.58. The van der Waals surface area contributed by atoms with Gasteiger partial charge in [-0.25, -0.2) is 0 Å². The Morgan fingerprint density at radius 3 is 2.57 bits per heavy atom. The highest BCUT2D eigenvalue weighted by atomic mass is 79.9. The first kappa shape index (κ1) is 15.2. The van der Waals surface area contributed by atoms with Crippen LogP contribution in [0.5, 0.6) is 11.5 Å². The summed E-state index contributed by atoms with van der Waals surface area (Å²) in [6.45, 7) is 3.51. The molecule has 5 nitrogen and oxygen atoms in total. The molecule has 0 heterocycles. The molecule has 2 aromatic carbocycles. The Bertz CT molecular complexity index is 728. The minimum Gasteiger partial charge on any atom is -0.449 e. The topological polar surface area (TPSA) is 69.4 Å². The third-order valence-electron chi connectivity index (χ3n) is 2.91. The van der Waals surface area contributed by atoms with Crippen molar-refractivity contribution in [3.05, 3.63) is 61.6 Å². The van der Waals surface area contributed by atoms with Crippen LogP contribution in [-0.2, 0) is 0 Å². The minimum atomic E-state index is -0.492. The predicted molar refractivity (Wildman–Crippen MR) is 82.2 cm³/mol. The fourth-order valence-electron chi connectivity index (χ4n) is 2.00. The van der Waals surface area contributed by atoms with Gasteiger partial charge in [0.15, 0.2) is 6.29 Å². The first-order valence-electron chi connectivity index (χ1n) is 6.10. The minimum absolute atomic E-state index is 0.121. The van der Waals surface area contributed by atoms with Gasteiger partial charge in [0.25, 0.3) is 0 Å². The second kappa shape index (κ2) is 6.05. The smallest absolute Gasteiger partial charge is 0.312 e. The van der Waals surface area contributed by atoms with E-state index in [-0.39, 0.29) is 17.2 Å². The van der Waals surface area contributed by atoms with E-state index in [0.717, 1.165) is 10.0 Å². The van der Waals surface area contributed by atoms with Crippen LogP contribution in [0.4, 0.5) is 5.69 Å². The monoisotopic (exact) mass is 349 g/mol. The van der Waals surface area contributed by atoms with Gasteiger partial charge in [0.2, 0.25) is 5.75 Å². The molecule has 0 amide bonds. The lowest BCUT2D eigenvalue weighted by atomic mass is 10.1. The Morgan fingerprint density at radius 1 is 1.24 bits per heavy atom. The summed E-state index contributed by atoms with van der Waals surface area (Å²) in [6.07, 6.45) is 0.650. The summed E-state index contributed by atoms with van der Waals surface area (Å²) in [4.78, 5) is 21.7. The Hall–Kier alpha value is -2.21. The molecule has 6 heteroatoms. The third kappa shape index (κ3) is 3.28. The van der Waals surface area contributed by atoms with Crippen molar-refractivity contribution in [1.82, 2.24) is 0 Å². The zero-order chi connectivity index (χ0) is 15.6. The van der Waals surface area contributed by atoms with Gasteiger partial charge >= 0.3 is 5.69 Å². The second-order valence-corrected chi connectivity index (χ2v) is 5.50. The molecule has 0 N–H and O–H groups in total. The number of carbonyl (C=O) groups is 1. The lowest BCUT2D eigenvalue weighted by molar-refractivity contribution is -0.385.